The summed E-state index contributed by atoms with van der Waals surface area (Å²) >= 11 is 1.72. The Morgan fingerprint density at radius 2 is 2.28 bits per heavy atom. The normalized spacial score (nSPS) is 14.5. The number of aliphatic hydroxyl groups is 1. The van der Waals surface area contributed by atoms with Crippen molar-refractivity contribution in [3.05, 3.63) is 22.4 Å². The van der Waals surface area contributed by atoms with E-state index in [-0.39, 0.29) is 11.8 Å². The smallest absolute Gasteiger partial charge is 0.220 e. The Labute approximate surface area is 113 Å². The molecular weight excluding hydrogens is 246 g/mol. The van der Waals surface area contributed by atoms with Crippen LogP contribution in [0, 0.1) is 5.92 Å². The van der Waals surface area contributed by atoms with Gasteiger partial charge < -0.3 is 10.4 Å². The molecule has 0 spiro atoms. The van der Waals surface area contributed by atoms with Crippen molar-refractivity contribution < 1.29 is 9.90 Å². The monoisotopic (exact) mass is 269 g/mol. The second kappa shape index (κ2) is 6.90. The second-order valence-electron chi connectivity index (χ2n) is 5.22. The molecule has 0 aliphatic carbocycles. The minimum Gasteiger partial charge on any atom is -0.388 e. The Balaban J connectivity index is 2.18. The van der Waals surface area contributed by atoms with Gasteiger partial charge >= 0.3 is 0 Å². The molecule has 0 fully saturated rings. The number of hydrogen-bond donors (Lipinski definition) is 2. The highest BCUT2D eigenvalue weighted by Gasteiger charge is 2.25. The maximum absolute atomic E-state index is 11.6. The van der Waals surface area contributed by atoms with E-state index in [0.717, 1.165) is 12.8 Å². The van der Waals surface area contributed by atoms with Gasteiger partial charge in [0.25, 0.3) is 0 Å². The first-order chi connectivity index (χ1) is 8.42. The number of rotatable bonds is 7. The highest BCUT2D eigenvalue weighted by Crippen LogP contribution is 2.15. The van der Waals surface area contributed by atoms with Gasteiger partial charge in [0.05, 0.1) is 5.60 Å². The third-order valence-corrected chi connectivity index (χ3v) is 4.23. The van der Waals surface area contributed by atoms with Crippen molar-refractivity contribution in [2.45, 2.75) is 45.6 Å². The van der Waals surface area contributed by atoms with Crippen molar-refractivity contribution in [2.75, 3.05) is 6.54 Å². The van der Waals surface area contributed by atoms with Gasteiger partial charge in [0, 0.05) is 17.8 Å². The van der Waals surface area contributed by atoms with Gasteiger partial charge in [0.2, 0.25) is 5.91 Å². The average molecular weight is 269 g/mol. The number of hydrogen-bond acceptors (Lipinski definition) is 3. The maximum Gasteiger partial charge on any atom is 0.220 e. The van der Waals surface area contributed by atoms with E-state index in [9.17, 15) is 9.90 Å². The third kappa shape index (κ3) is 5.19. The van der Waals surface area contributed by atoms with Crippen LogP contribution in [-0.4, -0.2) is 23.2 Å². The van der Waals surface area contributed by atoms with Crippen molar-refractivity contribution in [1.29, 1.82) is 0 Å². The van der Waals surface area contributed by atoms with Crippen LogP contribution in [0.25, 0.3) is 0 Å². The maximum atomic E-state index is 11.6. The number of aryl methyl sites for hydroxylation is 1. The summed E-state index contributed by atoms with van der Waals surface area (Å²) in [5.74, 6) is 0.149. The molecule has 1 heterocycles. The molecule has 0 bridgehead atoms. The van der Waals surface area contributed by atoms with E-state index in [1.165, 1.54) is 4.88 Å². The number of carbonyl (C=O) groups is 1. The summed E-state index contributed by atoms with van der Waals surface area (Å²) in [6.45, 7) is 5.97. The molecule has 102 valence electrons. The van der Waals surface area contributed by atoms with Crippen molar-refractivity contribution in [2.24, 2.45) is 5.92 Å². The van der Waals surface area contributed by atoms with Crippen LogP contribution >= 0.6 is 11.3 Å². The SMILES string of the molecule is CC(C)C(C)(O)CNC(=O)CCCc1cccs1. The van der Waals surface area contributed by atoms with Gasteiger partial charge in [-0.05, 0) is 37.1 Å². The van der Waals surface area contributed by atoms with E-state index >= 15 is 0 Å². The Morgan fingerprint density at radius 3 is 2.83 bits per heavy atom. The molecule has 0 aliphatic heterocycles. The fourth-order valence-corrected chi connectivity index (χ4v) is 2.20. The minimum absolute atomic E-state index is 0.0208. The van der Waals surface area contributed by atoms with E-state index in [2.05, 4.69) is 16.8 Å². The van der Waals surface area contributed by atoms with Crippen LogP contribution in [-0.2, 0) is 11.2 Å². The molecule has 0 saturated heterocycles. The minimum atomic E-state index is -0.830. The molecule has 0 saturated carbocycles. The Kier molecular flexibility index (Phi) is 5.82. The molecule has 18 heavy (non-hydrogen) atoms. The lowest BCUT2D eigenvalue weighted by Crippen LogP contribution is -2.44. The third-order valence-electron chi connectivity index (χ3n) is 3.29. The van der Waals surface area contributed by atoms with E-state index in [4.69, 9.17) is 0 Å². The number of nitrogens with one attached hydrogen (secondary N) is 1. The summed E-state index contributed by atoms with van der Waals surface area (Å²) in [5.41, 5.74) is -0.830. The summed E-state index contributed by atoms with van der Waals surface area (Å²) in [6, 6.07) is 4.12. The van der Waals surface area contributed by atoms with E-state index in [0.29, 0.717) is 13.0 Å². The zero-order valence-corrected chi connectivity index (χ0v) is 12.2. The first kappa shape index (κ1) is 15.2. The lowest BCUT2D eigenvalue weighted by molar-refractivity contribution is -0.122. The number of carbonyl (C=O) groups excluding carboxylic acids is 1. The first-order valence-electron chi connectivity index (χ1n) is 6.43. The predicted octanol–water partition coefficient (Wildman–Crippen LogP) is 2.59. The molecule has 1 atom stereocenters. The zero-order chi connectivity index (χ0) is 13.6. The van der Waals surface area contributed by atoms with E-state index < -0.39 is 5.60 Å². The highest BCUT2D eigenvalue weighted by atomic mass is 32.1. The Hall–Kier alpha value is -0.870. The lowest BCUT2D eigenvalue weighted by atomic mass is 9.92. The van der Waals surface area contributed by atoms with Crippen molar-refractivity contribution in [1.82, 2.24) is 5.32 Å². The van der Waals surface area contributed by atoms with Gasteiger partial charge in [-0.2, -0.15) is 0 Å². The molecule has 0 aliphatic rings. The van der Waals surface area contributed by atoms with Crippen molar-refractivity contribution in [3.63, 3.8) is 0 Å². The molecule has 1 amide bonds. The fraction of sp³-hybridized carbons (Fsp3) is 0.643. The van der Waals surface area contributed by atoms with Crippen LogP contribution in [0.2, 0.25) is 0 Å². The predicted molar refractivity (Wildman–Crippen MR) is 75.7 cm³/mol. The van der Waals surface area contributed by atoms with E-state index in [1.807, 2.05) is 19.9 Å². The molecule has 0 radical (unpaired) electrons. The molecule has 2 N–H and O–H groups in total. The zero-order valence-electron chi connectivity index (χ0n) is 11.4. The molecule has 1 aromatic heterocycles. The summed E-state index contributed by atoms with van der Waals surface area (Å²) in [5, 5.41) is 14.9. The van der Waals surface area contributed by atoms with Crippen LogP contribution in [0.5, 0.6) is 0 Å². The quantitative estimate of drug-likeness (QED) is 0.799. The Morgan fingerprint density at radius 1 is 1.56 bits per heavy atom. The number of thiophene rings is 1. The van der Waals surface area contributed by atoms with Gasteiger partial charge in [-0.3, -0.25) is 4.79 Å². The van der Waals surface area contributed by atoms with Gasteiger partial charge in [-0.15, -0.1) is 11.3 Å². The van der Waals surface area contributed by atoms with Crippen LogP contribution < -0.4 is 5.32 Å². The molecule has 1 unspecified atom stereocenters. The van der Waals surface area contributed by atoms with Gasteiger partial charge in [0.1, 0.15) is 0 Å². The van der Waals surface area contributed by atoms with Gasteiger partial charge in [-0.1, -0.05) is 19.9 Å². The molecule has 4 heteroatoms. The van der Waals surface area contributed by atoms with Crippen LogP contribution in [0.4, 0.5) is 0 Å². The summed E-state index contributed by atoms with van der Waals surface area (Å²) in [4.78, 5) is 12.9. The summed E-state index contributed by atoms with van der Waals surface area (Å²) in [7, 11) is 0. The van der Waals surface area contributed by atoms with Crippen LogP contribution in [0.1, 0.15) is 38.5 Å². The highest BCUT2D eigenvalue weighted by molar-refractivity contribution is 7.09. The number of amides is 1. The second-order valence-corrected chi connectivity index (χ2v) is 6.25. The summed E-state index contributed by atoms with van der Waals surface area (Å²) in [6.07, 6.45) is 2.33. The van der Waals surface area contributed by atoms with Gasteiger partial charge in [-0.25, -0.2) is 0 Å². The average Bonchev–Trinajstić information content (AvgIpc) is 2.79. The molecule has 1 rings (SSSR count). The molecule has 3 nitrogen and oxygen atoms in total. The van der Waals surface area contributed by atoms with E-state index in [1.54, 1.807) is 18.3 Å². The largest absolute Gasteiger partial charge is 0.388 e. The molecule has 0 aromatic carbocycles. The topological polar surface area (TPSA) is 49.3 Å². The first-order valence-corrected chi connectivity index (χ1v) is 7.31. The summed E-state index contributed by atoms with van der Waals surface area (Å²) < 4.78 is 0. The Bertz CT molecular complexity index is 358. The molecule has 1 aromatic rings. The van der Waals surface area contributed by atoms with Crippen LogP contribution in [0.15, 0.2) is 17.5 Å². The lowest BCUT2D eigenvalue weighted by Gasteiger charge is -2.27. The van der Waals surface area contributed by atoms with Crippen molar-refractivity contribution in [3.8, 4) is 0 Å². The standard InChI is InChI=1S/C14H23NO2S/c1-11(2)14(3,17)10-15-13(16)8-4-6-12-7-5-9-18-12/h5,7,9,11,17H,4,6,8,10H2,1-3H3,(H,15,16). The fourth-order valence-electron chi connectivity index (χ4n) is 1.45. The van der Waals surface area contributed by atoms with Crippen molar-refractivity contribution >= 4 is 17.2 Å². The van der Waals surface area contributed by atoms with Crippen LogP contribution in [0.3, 0.4) is 0 Å². The van der Waals surface area contributed by atoms with Gasteiger partial charge in [0.15, 0.2) is 0 Å². The molecular formula is C14H23NO2S.